The summed E-state index contributed by atoms with van der Waals surface area (Å²) < 4.78 is 5.24. The molecule has 0 aliphatic carbocycles. The predicted molar refractivity (Wildman–Crippen MR) is 81.0 cm³/mol. The lowest BCUT2D eigenvalue weighted by Gasteiger charge is -2.30. The third kappa shape index (κ3) is 4.83. The topological polar surface area (TPSA) is 59.2 Å². The van der Waals surface area contributed by atoms with Gasteiger partial charge in [-0.05, 0) is 26.2 Å². The number of rotatable bonds is 7. The normalized spacial score (nSPS) is 16.4. The molecule has 5 heteroatoms. The molecular weight excluding hydrogens is 266 g/mol. The van der Waals surface area contributed by atoms with Crippen LogP contribution in [0.4, 0.5) is 0 Å². The van der Waals surface area contributed by atoms with Gasteiger partial charge in [0.15, 0.2) is 5.82 Å². The van der Waals surface area contributed by atoms with Gasteiger partial charge in [-0.25, -0.2) is 0 Å². The number of hydrogen-bond donors (Lipinski definition) is 0. The van der Waals surface area contributed by atoms with E-state index in [9.17, 15) is 4.79 Å². The third-order valence-corrected chi connectivity index (χ3v) is 4.23. The fraction of sp³-hybridized carbons (Fsp3) is 0.812. The van der Waals surface area contributed by atoms with Gasteiger partial charge >= 0.3 is 0 Å². The van der Waals surface area contributed by atoms with Gasteiger partial charge in [-0.1, -0.05) is 37.8 Å². The Morgan fingerprint density at radius 1 is 1.24 bits per heavy atom. The molecule has 0 radical (unpaired) electrons. The Morgan fingerprint density at radius 2 is 1.95 bits per heavy atom. The zero-order valence-electron chi connectivity index (χ0n) is 13.3. The molecular formula is C16H27N3O2. The van der Waals surface area contributed by atoms with E-state index >= 15 is 0 Å². The molecule has 0 unspecified atom stereocenters. The van der Waals surface area contributed by atoms with Crippen LogP contribution in [0.2, 0.25) is 0 Å². The maximum absolute atomic E-state index is 12.2. The fourth-order valence-electron chi connectivity index (χ4n) is 2.89. The molecule has 1 saturated heterocycles. The Balaban J connectivity index is 1.67. The van der Waals surface area contributed by atoms with Gasteiger partial charge in [0.25, 0.3) is 0 Å². The second-order valence-corrected chi connectivity index (χ2v) is 6.00. The van der Waals surface area contributed by atoms with Crippen LogP contribution in [0.15, 0.2) is 4.52 Å². The van der Waals surface area contributed by atoms with Crippen LogP contribution < -0.4 is 0 Å². The number of carbonyl (C=O) groups is 1. The highest BCUT2D eigenvalue weighted by atomic mass is 16.5. The molecule has 1 aliphatic rings. The lowest BCUT2D eigenvalue weighted by Crippen LogP contribution is -2.37. The summed E-state index contributed by atoms with van der Waals surface area (Å²) in [7, 11) is 0. The van der Waals surface area contributed by atoms with Crippen molar-refractivity contribution in [3.05, 3.63) is 11.7 Å². The second kappa shape index (κ2) is 8.15. The van der Waals surface area contributed by atoms with E-state index in [1.54, 1.807) is 0 Å². The second-order valence-electron chi connectivity index (χ2n) is 6.00. The summed E-state index contributed by atoms with van der Waals surface area (Å²) in [5.41, 5.74) is 0. The molecule has 5 nitrogen and oxygen atoms in total. The first-order valence-corrected chi connectivity index (χ1v) is 8.28. The summed E-state index contributed by atoms with van der Waals surface area (Å²) in [5, 5.41) is 3.84. The number of unbranched alkanes of at least 4 members (excludes halogenated alkanes) is 4. The van der Waals surface area contributed by atoms with Crippen molar-refractivity contribution < 1.29 is 9.32 Å². The Kier molecular flexibility index (Phi) is 6.21. The van der Waals surface area contributed by atoms with Gasteiger partial charge in [0.05, 0.1) is 0 Å². The maximum atomic E-state index is 12.2. The van der Waals surface area contributed by atoms with Gasteiger partial charge in [-0.2, -0.15) is 4.98 Å². The zero-order chi connectivity index (χ0) is 15.1. The van der Waals surface area contributed by atoms with Gasteiger partial charge in [0.2, 0.25) is 11.8 Å². The summed E-state index contributed by atoms with van der Waals surface area (Å²) in [5.74, 6) is 2.06. The third-order valence-electron chi connectivity index (χ3n) is 4.23. The van der Waals surface area contributed by atoms with Crippen LogP contribution in [0, 0.1) is 6.92 Å². The molecule has 118 valence electrons. The molecule has 0 N–H and O–H groups in total. The minimum Gasteiger partial charge on any atom is -0.343 e. The van der Waals surface area contributed by atoms with Gasteiger partial charge in [0.1, 0.15) is 0 Å². The SMILES string of the molecule is CCCCCCCC(=O)N1CCC(c2nc(C)no2)CC1. The summed E-state index contributed by atoms with van der Waals surface area (Å²) >= 11 is 0. The summed E-state index contributed by atoms with van der Waals surface area (Å²) in [6.07, 6.45) is 8.56. The van der Waals surface area contributed by atoms with E-state index in [4.69, 9.17) is 4.52 Å². The van der Waals surface area contributed by atoms with Crippen molar-refractivity contribution >= 4 is 5.91 Å². The molecule has 1 fully saturated rings. The standard InChI is InChI=1S/C16H27N3O2/c1-3-4-5-6-7-8-15(20)19-11-9-14(10-12-19)16-17-13(2)18-21-16/h14H,3-12H2,1-2H3. The van der Waals surface area contributed by atoms with Crippen molar-refractivity contribution in [3.63, 3.8) is 0 Å². The monoisotopic (exact) mass is 293 g/mol. The molecule has 1 aromatic heterocycles. The minimum absolute atomic E-state index is 0.312. The Morgan fingerprint density at radius 3 is 2.57 bits per heavy atom. The molecule has 1 aromatic rings. The van der Waals surface area contributed by atoms with E-state index in [0.717, 1.165) is 38.2 Å². The molecule has 0 atom stereocenters. The number of hydrogen-bond acceptors (Lipinski definition) is 4. The lowest BCUT2D eigenvalue weighted by atomic mass is 9.96. The van der Waals surface area contributed by atoms with Crippen LogP contribution in [0.3, 0.4) is 0 Å². The largest absolute Gasteiger partial charge is 0.343 e. The van der Waals surface area contributed by atoms with Crippen LogP contribution in [0.25, 0.3) is 0 Å². The first-order chi connectivity index (χ1) is 10.2. The van der Waals surface area contributed by atoms with Gasteiger partial charge in [0, 0.05) is 25.4 Å². The van der Waals surface area contributed by atoms with E-state index in [0.29, 0.717) is 24.1 Å². The van der Waals surface area contributed by atoms with Crippen LogP contribution in [-0.2, 0) is 4.79 Å². The maximum Gasteiger partial charge on any atom is 0.229 e. The number of likely N-dealkylation sites (tertiary alicyclic amines) is 1. The molecule has 2 rings (SSSR count). The molecule has 1 aliphatic heterocycles. The van der Waals surface area contributed by atoms with Crippen molar-refractivity contribution in [2.24, 2.45) is 0 Å². The lowest BCUT2D eigenvalue weighted by molar-refractivity contribution is -0.132. The predicted octanol–water partition coefficient (Wildman–Crippen LogP) is 3.44. The number of piperidine rings is 1. The Hall–Kier alpha value is -1.39. The van der Waals surface area contributed by atoms with E-state index in [1.807, 2.05) is 11.8 Å². The number of nitrogens with zero attached hydrogens (tertiary/aromatic N) is 3. The highest BCUT2D eigenvalue weighted by Gasteiger charge is 2.26. The summed E-state index contributed by atoms with van der Waals surface area (Å²) in [6.45, 7) is 5.68. The van der Waals surface area contributed by atoms with Crippen LogP contribution in [0.5, 0.6) is 0 Å². The van der Waals surface area contributed by atoms with Crippen LogP contribution >= 0.6 is 0 Å². The smallest absolute Gasteiger partial charge is 0.229 e. The Labute approximate surface area is 127 Å². The van der Waals surface area contributed by atoms with E-state index in [2.05, 4.69) is 17.1 Å². The molecule has 2 heterocycles. The first-order valence-electron chi connectivity index (χ1n) is 8.28. The van der Waals surface area contributed by atoms with Crippen molar-refractivity contribution in [2.75, 3.05) is 13.1 Å². The molecule has 0 spiro atoms. The van der Waals surface area contributed by atoms with E-state index in [1.165, 1.54) is 25.7 Å². The summed E-state index contributed by atoms with van der Waals surface area (Å²) in [4.78, 5) is 18.5. The molecule has 0 bridgehead atoms. The zero-order valence-corrected chi connectivity index (χ0v) is 13.3. The minimum atomic E-state index is 0.312. The molecule has 21 heavy (non-hydrogen) atoms. The first kappa shape index (κ1) is 16.0. The van der Waals surface area contributed by atoms with Crippen molar-refractivity contribution in [2.45, 2.75) is 71.1 Å². The average Bonchev–Trinajstić information content (AvgIpc) is 2.93. The Bertz CT molecular complexity index is 436. The molecule has 0 saturated carbocycles. The van der Waals surface area contributed by atoms with Crippen molar-refractivity contribution in [1.29, 1.82) is 0 Å². The fourth-order valence-corrected chi connectivity index (χ4v) is 2.89. The van der Waals surface area contributed by atoms with Gasteiger partial charge in [-0.15, -0.1) is 0 Å². The number of aromatic nitrogens is 2. The quantitative estimate of drug-likeness (QED) is 0.722. The molecule has 1 amide bonds. The van der Waals surface area contributed by atoms with Crippen LogP contribution in [-0.4, -0.2) is 34.0 Å². The van der Waals surface area contributed by atoms with Gasteiger partial charge < -0.3 is 9.42 Å². The van der Waals surface area contributed by atoms with Crippen LogP contribution in [0.1, 0.15) is 75.9 Å². The van der Waals surface area contributed by atoms with E-state index in [-0.39, 0.29) is 0 Å². The number of amides is 1. The van der Waals surface area contributed by atoms with Crippen molar-refractivity contribution in [3.8, 4) is 0 Å². The van der Waals surface area contributed by atoms with E-state index < -0.39 is 0 Å². The molecule has 0 aromatic carbocycles. The highest BCUT2D eigenvalue weighted by molar-refractivity contribution is 5.76. The van der Waals surface area contributed by atoms with Gasteiger partial charge in [-0.3, -0.25) is 4.79 Å². The average molecular weight is 293 g/mol. The highest BCUT2D eigenvalue weighted by Crippen LogP contribution is 2.27. The van der Waals surface area contributed by atoms with Crippen molar-refractivity contribution in [1.82, 2.24) is 15.0 Å². The summed E-state index contributed by atoms with van der Waals surface area (Å²) in [6, 6.07) is 0. The number of carbonyl (C=O) groups excluding carboxylic acids is 1. The number of aryl methyl sites for hydroxylation is 1.